The zero-order chi connectivity index (χ0) is 17.8. The molecule has 3 aromatic rings. The average molecular weight is 348 g/mol. The van der Waals surface area contributed by atoms with E-state index in [-0.39, 0.29) is 11.2 Å². The number of anilines is 1. The summed E-state index contributed by atoms with van der Waals surface area (Å²) in [6.07, 6.45) is 0. The van der Waals surface area contributed by atoms with Crippen LogP contribution in [0, 0.1) is 18.3 Å². The summed E-state index contributed by atoms with van der Waals surface area (Å²) in [6, 6.07) is 16.8. The van der Waals surface area contributed by atoms with Crippen LogP contribution < -0.4 is 5.32 Å². The summed E-state index contributed by atoms with van der Waals surface area (Å²) in [5.74, 6) is 0.497. The number of nitrogens with zero attached hydrogens (tertiary/aromatic N) is 3. The molecule has 0 radical (unpaired) electrons. The third kappa shape index (κ3) is 3.78. The van der Waals surface area contributed by atoms with Crippen molar-refractivity contribution in [1.82, 2.24) is 9.97 Å². The minimum atomic E-state index is -0.371. The molecule has 25 heavy (non-hydrogen) atoms. The van der Waals surface area contributed by atoms with E-state index in [0.717, 1.165) is 15.9 Å². The number of hydrogen-bond acceptors (Lipinski definition) is 5. The SMILES string of the molecule is Cc1nc(S[C@@H](C)C(=O)Nc2ccccc2C#N)c2ccccc2n1. The Morgan fingerprint density at radius 1 is 1.16 bits per heavy atom. The maximum Gasteiger partial charge on any atom is 0.237 e. The molecule has 5 nitrogen and oxygen atoms in total. The molecular formula is C19H16N4OS. The number of thioether (sulfide) groups is 1. The molecule has 0 saturated heterocycles. The third-order valence-corrected chi connectivity index (χ3v) is 4.75. The van der Waals surface area contributed by atoms with E-state index in [2.05, 4.69) is 21.4 Å². The number of hydrogen-bond donors (Lipinski definition) is 1. The molecule has 0 aliphatic carbocycles. The van der Waals surface area contributed by atoms with Crippen LogP contribution in [0.4, 0.5) is 5.69 Å². The Morgan fingerprint density at radius 3 is 2.68 bits per heavy atom. The highest BCUT2D eigenvalue weighted by Gasteiger charge is 2.18. The van der Waals surface area contributed by atoms with E-state index in [4.69, 9.17) is 5.26 Å². The van der Waals surface area contributed by atoms with Gasteiger partial charge in [0, 0.05) is 5.39 Å². The van der Waals surface area contributed by atoms with E-state index < -0.39 is 0 Å². The second-order valence-corrected chi connectivity index (χ2v) is 6.83. The molecule has 0 fully saturated rings. The molecule has 1 heterocycles. The molecule has 1 N–H and O–H groups in total. The predicted molar refractivity (Wildman–Crippen MR) is 99.4 cm³/mol. The van der Waals surface area contributed by atoms with Crippen molar-refractivity contribution < 1.29 is 4.79 Å². The lowest BCUT2D eigenvalue weighted by Crippen LogP contribution is -2.23. The van der Waals surface area contributed by atoms with Gasteiger partial charge in [-0.05, 0) is 32.0 Å². The summed E-state index contributed by atoms with van der Waals surface area (Å²) < 4.78 is 0. The van der Waals surface area contributed by atoms with Crippen molar-refractivity contribution in [3.05, 3.63) is 59.9 Å². The van der Waals surface area contributed by atoms with Gasteiger partial charge in [0.15, 0.2) is 0 Å². The van der Waals surface area contributed by atoms with E-state index in [1.165, 1.54) is 11.8 Å². The topological polar surface area (TPSA) is 78.7 Å². The van der Waals surface area contributed by atoms with E-state index in [1.54, 1.807) is 24.3 Å². The third-order valence-electron chi connectivity index (χ3n) is 3.64. The van der Waals surface area contributed by atoms with E-state index in [1.807, 2.05) is 38.1 Å². The molecule has 0 aliphatic rings. The van der Waals surface area contributed by atoms with E-state index >= 15 is 0 Å². The number of aryl methyl sites for hydroxylation is 1. The van der Waals surface area contributed by atoms with Crippen molar-refractivity contribution in [2.24, 2.45) is 0 Å². The van der Waals surface area contributed by atoms with Crippen LogP contribution in [-0.2, 0) is 4.79 Å². The second-order valence-electron chi connectivity index (χ2n) is 5.50. The Kier molecular flexibility index (Phi) is 4.96. The number of carbonyl (C=O) groups excluding carboxylic acids is 1. The van der Waals surface area contributed by atoms with Gasteiger partial charge in [0.2, 0.25) is 5.91 Å². The molecule has 0 spiro atoms. The number of carbonyl (C=O) groups is 1. The molecule has 3 rings (SSSR count). The molecule has 2 aromatic carbocycles. The molecule has 1 amide bonds. The highest BCUT2D eigenvalue weighted by molar-refractivity contribution is 8.00. The number of nitrogens with one attached hydrogen (secondary N) is 1. The Bertz CT molecular complexity index is 981. The van der Waals surface area contributed by atoms with Gasteiger partial charge in [0.25, 0.3) is 0 Å². The summed E-state index contributed by atoms with van der Waals surface area (Å²) in [5, 5.41) is 13.3. The van der Waals surface area contributed by atoms with E-state index in [0.29, 0.717) is 17.1 Å². The Morgan fingerprint density at radius 2 is 1.88 bits per heavy atom. The average Bonchev–Trinajstić information content (AvgIpc) is 2.62. The highest BCUT2D eigenvalue weighted by atomic mass is 32.2. The van der Waals surface area contributed by atoms with Gasteiger partial charge < -0.3 is 5.32 Å². The smallest absolute Gasteiger partial charge is 0.237 e. The summed E-state index contributed by atoms with van der Waals surface area (Å²) in [4.78, 5) is 21.4. The van der Waals surface area contributed by atoms with Crippen molar-refractivity contribution >= 4 is 34.3 Å². The quantitative estimate of drug-likeness (QED) is 0.571. The van der Waals surface area contributed by atoms with Crippen molar-refractivity contribution in [1.29, 1.82) is 5.26 Å². The molecule has 0 bridgehead atoms. The van der Waals surface area contributed by atoms with Crippen molar-refractivity contribution in [2.45, 2.75) is 24.1 Å². The van der Waals surface area contributed by atoms with Gasteiger partial charge in [0.05, 0.1) is 22.0 Å². The van der Waals surface area contributed by atoms with Crippen LogP contribution >= 0.6 is 11.8 Å². The van der Waals surface area contributed by atoms with Gasteiger partial charge in [-0.25, -0.2) is 9.97 Å². The van der Waals surface area contributed by atoms with Crippen molar-refractivity contribution in [3.63, 3.8) is 0 Å². The fraction of sp³-hybridized carbons (Fsp3) is 0.158. The normalized spacial score (nSPS) is 11.7. The number of fused-ring (bicyclic) bond motifs is 1. The number of rotatable bonds is 4. The first kappa shape index (κ1) is 16.9. The molecule has 124 valence electrons. The second kappa shape index (κ2) is 7.32. The standard InChI is InChI=1S/C19H16N4OS/c1-12(18(24)23-16-9-5-3-7-14(16)11-20)25-19-15-8-4-6-10-17(15)21-13(2)22-19/h3-10,12H,1-2H3,(H,23,24)/t12-/m0/s1. The lowest BCUT2D eigenvalue weighted by atomic mass is 10.2. The fourth-order valence-electron chi connectivity index (χ4n) is 2.39. The van der Waals surface area contributed by atoms with Crippen LogP contribution in [0.3, 0.4) is 0 Å². The zero-order valence-electron chi connectivity index (χ0n) is 13.9. The Balaban J connectivity index is 1.82. The van der Waals surface area contributed by atoms with Gasteiger partial charge in [-0.15, -0.1) is 0 Å². The minimum absolute atomic E-state index is 0.173. The largest absolute Gasteiger partial charge is 0.324 e. The lowest BCUT2D eigenvalue weighted by Gasteiger charge is -2.13. The van der Waals surface area contributed by atoms with Gasteiger partial charge in [-0.2, -0.15) is 5.26 Å². The molecule has 0 aliphatic heterocycles. The maximum absolute atomic E-state index is 12.5. The first-order valence-electron chi connectivity index (χ1n) is 7.78. The van der Waals surface area contributed by atoms with Gasteiger partial charge >= 0.3 is 0 Å². The van der Waals surface area contributed by atoms with Gasteiger partial charge in [-0.1, -0.05) is 42.1 Å². The number of para-hydroxylation sites is 2. The number of benzene rings is 2. The first-order chi connectivity index (χ1) is 12.1. The van der Waals surface area contributed by atoms with Gasteiger partial charge in [0.1, 0.15) is 16.9 Å². The number of nitriles is 1. The zero-order valence-corrected chi connectivity index (χ0v) is 14.7. The van der Waals surface area contributed by atoms with E-state index in [9.17, 15) is 4.79 Å². The molecule has 0 unspecified atom stereocenters. The van der Waals surface area contributed by atoms with Crippen LogP contribution in [-0.4, -0.2) is 21.1 Å². The summed E-state index contributed by atoms with van der Waals surface area (Å²) in [6.45, 7) is 3.66. The van der Waals surface area contributed by atoms with Crippen LogP contribution in [0.15, 0.2) is 53.6 Å². The molecule has 6 heteroatoms. The first-order valence-corrected chi connectivity index (χ1v) is 8.66. The summed E-state index contributed by atoms with van der Waals surface area (Å²) in [5.41, 5.74) is 1.82. The summed E-state index contributed by atoms with van der Waals surface area (Å²) >= 11 is 1.38. The number of aromatic nitrogens is 2. The monoisotopic (exact) mass is 348 g/mol. The Hall–Kier alpha value is -2.91. The van der Waals surface area contributed by atoms with Crippen molar-refractivity contribution in [2.75, 3.05) is 5.32 Å². The molecular weight excluding hydrogens is 332 g/mol. The minimum Gasteiger partial charge on any atom is -0.324 e. The highest BCUT2D eigenvalue weighted by Crippen LogP contribution is 2.29. The van der Waals surface area contributed by atoms with Gasteiger partial charge in [-0.3, -0.25) is 4.79 Å². The molecule has 1 aromatic heterocycles. The van der Waals surface area contributed by atoms with Crippen LogP contribution in [0.1, 0.15) is 18.3 Å². The maximum atomic E-state index is 12.5. The fourth-order valence-corrected chi connectivity index (χ4v) is 3.38. The molecule has 0 saturated carbocycles. The number of amides is 1. The van der Waals surface area contributed by atoms with Crippen LogP contribution in [0.5, 0.6) is 0 Å². The lowest BCUT2D eigenvalue weighted by molar-refractivity contribution is -0.115. The predicted octanol–water partition coefficient (Wildman–Crippen LogP) is 3.93. The van der Waals surface area contributed by atoms with Crippen molar-refractivity contribution in [3.8, 4) is 6.07 Å². The van der Waals surface area contributed by atoms with Crippen LogP contribution in [0.2, 0.25) is 0 Å². The summed E-state index contributed by atoms with van der Waals surface area (Å²) in [7, 11) is 0. The Labute approximate surface area is 150 Å². The molecule has 1 atom stereocenters. The van der Waals surface area contributed by atoms with Crippen LogP contribution in [0.25, 0.3) is 10.9 Å².